The summed E-state index contributed by atoms with van der Waals surface area (Å²) in [4.78, 5) is 7.49. The van der Waals surface area contributed by atoms with Gasteiger partial charge < -0.3 is 0 Å². The fourth-order valence-electron chi connectivity index (χ4n) is 9.72. The summed E-state index contributed by atoms with van der Waals surface area (Å²) in [6.45, 7) is 6.60. The number of para-hydroxylation sites is 4. The minimum absolute atomic E-state index is 0.0503. The van der Waals surface area contributed by atoms with E-state index < -0.39 is 0 Å². The summed E-state index contributed by atoms with van der Waals surface area (Å²) in [6.07, 6.45) is 0. The molecule has 6 nitrogen and oxygen atoms in total. The molecule has 11 aromatic rings. The zero-order valence-corrected chi connectivity index (χ0v) is 38.9. The van der Waals surface area contributed by atoms with Gasteiger partial charge in [0.15, 0.2) is 0 Å². The first kappa shape index (κ1) is 40.1. The van der Waals surface area contributed by atoms with Crippen LogP contribution in [0.1, 0.15) is 26.3 Å². The van der Waals surface area contributed by atoms with Crippen LogP contribution in [0.4, 0.5) is 11.5 Å². The Bertz CT molecular complexity index is 3700. The van der Waals surface area contributed by atoms with E-state index in [0.29, 0.717) is 11.6 Å². The molecule has 0 saturated carbocycles. The van der Waals surface area contributed by atoms with Gasteiger partial charge >= 0.3 is 314 Å². The van der Waals surface area contributed by atoms with Gasteiger partial charge in [-0.3, -0.25) is 0 Å². The Labute approximate surface area is 395 Å². The summed E-state index contributed by atoms with van der Waals surface area (Å²) < 4.78 is 14.8. The van der Waals surface area contributed by atoms with Crippen LogP contribution in [0.15, 0.2) is 200 Å². The molecule has 3 aromatic heterocycles. The van der Waals surface area contributed by atoms with Gasteiger partial charge in [-0.1, -0.05) is 48.5 Å². The van der Waals surface area contributed by atoms with Crippen molar-refractivity contribution in [2.75, 3.05) is 4.81 Å². The Kier molecular flexibility index (Phi) is 9.66. The molecule has 0 aliphatic carbocycles. The molecule has 0 spiro atoms. The molecule has 320 valence electrons. The average molecular weight is 1030 g/mol. The molecule has 4 heterocycles. The first-order valence-corrected chi connectivity index (χ1v) is 23.4. The second kappa shape index (κ2) is 15.9. The molecule has 1 aliphatic heterocycles. The number of pyridine rings is 1. The molecule has 0 amide bonds. The molecule has 8 heteroatoms. The fourth-order valence-corrected chi connectivity index (χ4v) is 10.8. The second-order valence-corrected chi connectivity index (χ2v) is 18.8. The van der Waals surface area contributed by atoms with Crippen LogP contribution in [0.25, 0.3) is 66.5 Å². The van der Waals surface area contributed by atoms with Gasteiger partial charge in [-0.25, -0.2) is 0 Å². The zero-order valence-electron chi connectivity index (χ0n) is 36.6. The van der Waals surface area contributed by atoms with Crippen molar-refractivity contribution in [1.82, 2.24) is 18.6 Å². The quantitative estimate of drug-likeness (QED) is 0.112. The van der Waals surface area contributed by atoms with Gasteiger partial charge in [0, 0.05) is 5.52 Å². The molecule has 0 bridgehead atoms. The Morgan fingerprint density at radius 1 is 0.576 bits per heavy atom. The molecule has 0 N–H and O–H groups in total. The van der Waals surface area contributed by atoms with E-state index in [-0.39, 0.29) is 12.4 Å². The number of imidazole rings is 1. The third kappa shape index (κ3) is 6.60. The van der Waals surface area contributed by atoms with Crippen LogP contribution in [-0.2, 0) is 24.8 Å². The van der Waals surface area contributed by atoms with Gasteiger partial charge in [-0.05, 0) is 11.5 Å². The molecule has 66 heavy (non-hydrogen) atoms. The second-order valence-electron chi connectivity index (χ2n) is 17.8. The molecule has 1 aliphatic rings. The van der Waals surface area contributed by atoms with Crippen molar-refractivity contribution in [3.05, 3.63) is 222 Å². The van der Waals surface area contributed by atoms with Crippen LogP contribution < -0.4 is 15.0 Å². The van der Waals surface area contributed by atoms with E-state index in [9.17, 15) is 0 Å². The summed E-state index contributed by atoms with van der Waals surface area (Å²) in [5.41, 5.74) is 14.5. The number of nitrogens with zero attached hydrogens (tertiary/aromatic N) is 5. The number of benzene rings is 8. The summed E-state index contributed by atoms with van der Waals surface area (Å²) in [6, 6.07) is 77.8. The van der Waals surface area contributed by atoms with Gasteiger partial charge in [0.25, 0.3) is 0 Å². The molecular formula is C58H42BN5OPt-2. The predicted molar refractivity (Wildman–Crippen MR) is 266 cm³/mol. The Morgan fingerprint density at radius 3 is 1.95 bits per heavy atom. The summed E-state index contributed by atoms with van der Waals surface area (Å²) in [7, 11) is 0. The molecule has 12 rings (SSSR count). The van der Waals surface area contributed by atoms with Crippen LogP contribution >= 0.6 is 0 Å². The number of anilines is 2. The third-order valence-electron chi connectivity index (χ3n) is 12.7. The Balaban J connectivity index is 0.958. The molecule has 0 saturated heterocycles. The van der Waals surface area contributed by atoms with Crippen molar-refractivity contribution >= 4 is 56.8 Å². The topological polar surface area (TPSA) is 40.1 Å². The molecular weight excluding hydrogens is 989 g/mol. The van der Waals surface area contributed by atoms with Crippen molar-refractivity contribution in [3.8, 4) is 45.3 Å². The zero-order chi connectivity index (χ0) is 44.5. The van der Waals surface area contributed by atoms with Crippen molar-refractivity contribution in [2.24, 2.45) is 0 Å². The minimum atomic E-state index is -0.175. The van der Waals surface area contributed by atoms with Gasteiger partial charge in [0.05, 0.1) is 0 Å². The fraction of sp³-hybridized carbons (Fsp3) is 0.0690. The number of ether oxygens (including phenoxy) is 1. The van der Waals surface area contributed by atoms with Gasteiger partial charge in [-0.15, -0.1) is 5.39 Å². The van der Waals surface area contributed by atoms with E-state index in [4.69, 9.17) is 9.72 Å². The maximum absolute atomic E-state index is 6.68. The van der Waals surface area contributed by atoms with Gasteiger partial charge in [0.1, 0.15) is 0 Å². The van der Waals surface area contributed by atoms with E-state index in [1.54, 1.807) is 0 Å². The molecule has 0 radical (unpaired) electrons. The van der Waals surface area contributed by atoms with E-state index in [1.807, 2.05) is 30.3 Å². The normalized spacial score (nSPS) is 12.5. The summed E-state index contributed by atoms with van der Waals surface area (Å²) in [5, 5.41) is 2.43. The van der Waals surface area contributed by atoms with Crippen LogP contribution in [0, 0.1) is 15.9 Å². The summed E-state index contributed by atoms with van der Waals surface area (Å²) in [5.74, 6) is 1.80. The van der Waals surface area contributed by atoms with Crippen molar-refractivity contribution in [3.63, 3.8) is 0 Å². The standard InChI is InChI=1S/C58H42BN5O.Pt/c1-58(2,3)42-36-34-41(35-37-42)47-26-15-25-46(40-18-6-4-7-19-40)56(47)62-39-61(51-29-12-13-30-52(51)62)44-22-14-23-45(38-44)65-55-33-17-32-54(60-55)63-53-31-16-27-49-48-24-10-11-28-50(48)64(57(49)53)59(63)43-20-8-5-9-21-43;/h4-30,32-37H,1-3H3;/q-2;. The number of aromatic nitrogens is 4. The third-order valence-corrected chi connectivity index (χ3v) is 13.8. The van der Waals surface area contributed by atoms with Crippen LogP contribution in [0.2, 0.25) is 0 Å². The van der Waals surface area contributed by atoms with Crippen LogP contribution in [0.3, 0.4) is 0 Å². The van der Waals surface area contributed by atoms with Gasteiger partial charge in [0.2, 0.25) is 0 Å². The van der Waals surface area contributed by atoms with Crippen LogP contribution in [-0.4, -0.2) is 25.6 Å². The SMILES string of the molecule is CC(C)(C)c1ccc(-c2cccc(-c3ccccc3)c2-n2[c](=[Pt])n(-c3[c-]c(Oc4cccc(N5B(c6ccccc6)n6c7ccccc7c7cc[c-]c5c76)n4)ccc3)c3ccccc32)cc1. The first-order chi connectivity index (χ1) is 32.3. The number of rotatable bonds is 8. The van der Waals surface area contributed by atoms with E-state index in [1.165, 1.54) is 21.9 Å². The molecule has 0 atom stereocenters. The Morgan fingerprint density at radius 2 is 1.21 bits per heavy atom. The van der Waals surface area contributed by atoms with Gasteiger partial charge in [-0.2, -0.15) is 12.1 Å². The van der Waals surface area contributed by atoms with Crippen molar-refractivity contribution in [1.29, 1.82) is 0 Å². The average Bonchev–Trinajstić information content (AvgIpc) is 3.98. The monoisotopic (exact) mass is 1030 g/mol. The van der Waals surface area contributed by atoms with Crippen molar-refractivity contribution in [2.45, 2.75) is 26.2 Å². The molecule has 0 unspecified atom stereocenters. The molecule has 8 aromatic carbocycles. The van der Waals surface area contributed by atoms with Crippen molar-refractivity contribution < 1.29 is 24.1 Å². The van der Waals surface area contributed by atoms with E-state index >= 15 is 0 Å². The summed E-state index contributed by atoms with van der Waals surface area (Å²) >= 11 is 2.48. The van der Waals surface area contributed by atoms with Crippen LogP contribution in [0.5, 0.6) is 11.6 Å². The number of fused-ring (bicyclic) bond motifs is 4. The first-order valence-electron chi connectivity index (χ1n) is 22.2. The van der Waals surface area contributed by atoms with E-state index in [2.05, 4.69) is 241 Å². The number of hydrogen-bond donors (Lipinski definition) is 0. The predicted octanol–water partition coefficient (Wildman–Crippen LogP) is 13.4. The van der Waals surface area contributed by atoms with E-state index in [0.717, 1.165) is 71.0 Å². The Hall–Kier alpha value is -7.47. The molecule has 0 fully saturated rings. The number of hydrogen-bond acceptors (Lipinski definition) is 3. The maximum atomic E-state index is 6.68.